The SMILES string of the molecule is C[C@H]1C(=O)NCCN1C[C@H]1CN(S(=O)(=O)c2cccs2)CCN1c1ccc(C(C)(C)O)cc1.C[C@H]1C(=O)NCCN1C[C@H]1CN(S(=O)(=O)c2cccs2)CCN1c1ccc(C(C)(C)O)cc1. The third-order valence-electron chi connectivity index (χ3n) is 13.0. The molecule has 16 nitrogen and oxygen atoms in total. The van der Waals surface area contributed by atoms with E-state index in [1.165, 1.54) is 22.7 Å². The van der Waals surface area contributed by atoms with E-state index in [2.05, 4.69) is 30.2 Å². The lowest BCUT2D eigenvalue weighted by Gasteiger charge is -2.45. The van der Waals surface area contributed by atoms with Gasteiger partial charge in [-0.2, -0.15) is 8.61 Å². The van der Waals surface area contributed by atoms with Gasteiger partial charge in [0.1, 0.15) is 8.42 Å². The van der Waals surface area contributed by atoms with E-state index in [0.29, 0.717) is 73.9 Å². The number of nitrogens with zero attached hydrogens (tertiary/aromatic N) is 6. The molecule has 360 valence electrons. The van der Waals surface area contributed by atoms with Crippen molar-refractivity contribution in [3.63, 3.8) is 0 Å². The van der Waals surface area contributed by atoms with E-state index in [4.69, 9.17) is 0 Å². The molecule has 0 saturated carbocycles. The summed E-state index contributed by atoms with van der Waals surface area (Å²) in [5.74, 6) is 0.00223. The fraction of sp³-hybridized carbons (Fsp3) is 0.522. The molecule has 66 heavy (non-hydrogen) atoms. The van der Waals surface area contributed by atoms with Crippen LogP contribution in [0.3, 0.4) is 0 Å². The molecule has 0 spiro atoms. The summed E-state index contributed by atoms with van der Waals surface area (Å²) in [6.45, 7) is 17.2. The Balaban J connectivity index is 0.000000196. The summed E-state index contributed by atoms with van der Waals surface area (Å²) >= 11 is 2.46. The second kappa shape index (κ2) is 20.3. The van der Waals surface area contributed by atoms with Crippen molar-refractivity contribution >= 4 is 65.9 Å². The van der Waals surface area contributed by atoms with Crippen molar-refractivity contribution < 1.29 is 36.6 Å². The van der Waals surface area contributed by atoms with Crippen LogP contribution in [0.1, 0.15) is 52.7 Å². The highest BCUT2D eigenvalue weighted by Gasteiger charge is 2.40. The van der Waals surface area contributed by atoms with Crippen LogP contribution in [0.5, 0.6) is 0 Å². The van der Waals surface area contributed by atoms with Gasteiger partial charge in [0.05, 0.1) is 35.4 Å². The lowest BCUT2D eigenvalue weighted by atomic mass is 9.98. The number of hydrogen-bond acceptors (Lipinski definition) is 14. The maximum absolute atomic E-state index is 13.2. The molecule has 2 amide bonds. The number of piperazine rings is 4. The third kappa shape index (κ3) is 11.3. The first kappa shape index (κ1) is 49.9. The predicted octanol–water partition coefficient (Wildman–Crippen LogP) is 3.35. The topological polar surface area (TPSA) is 186 Å². The number of nitrogens with one attached hydrogen (secondary N) is 2. The lowest BCUT2D eigenvalue weighted by Crippen LogP contribution is -2.62. The highest BCUT2D eigenvalue weighted by molar-refractivity contribution is 7.91. The molecule has 0 unspecified atom stereocenters. The van der Waals surface area contributed by atoms with Gasteiger partial charge in [-0.3, -0.25) is 19.4 Å². The van der Waals surface area contributed by atoms with Gasteiger partial charge in [0.15, 0.2) is 0 Å². The largest absolute Gasteiger partial charge is 0.386 e. The Morgan fingerprint density at radius 3 is 1.26 bits per heavy atom. The van der Waals surface area contributed by atoms with Gasteiger partial charge in [0.2, 0.25) is 11.8 Å². The van der Waals surface area contributed by atoms with Crippen LogP contribution < -0.4 is 20.4 Å². The Morgan fingerprint density at radius 2 is 0.939 bits per heavy atom. The molecule has 6 heterocycles. The number of carbonyl (C=O) groups is 2. The van der Waals surface area contributed by atoms with E-state index in [1.807, 2.05) is 62.4 Å². The van der Waals surface area contributed by atoms with Gasteiger partial charge in [0, 0.05) is 89.9 Å². The second-order valence-corrected chi connectivity index (χ2v) is 24.6. The summed E-state index contributed by atoms with van der Waals surface area (Å²) in [7, 11) is -7.11. The van der Waals surface area contributed by atoms with Gasteiger partial charge in [-0.15, -0.1) is 22.7 Å². The van der Waals surface area contributed by atoms with Crippen LogP contribution in [-0.2, 0) is 40.8 Å². The third-order valence-corrected chi connectivity index (χ3v) is 19.5. The van der Waals surface area contributed by atoms with E-state index in [0.717, 1.165) is 35.6 Å². The number of sulfonamides is 2. The number of aliphatic hydroxyl groups is 2. The standard InChI is InChI=1S/2C23H32N4O4S2/c2*1-17-22(28)24-10-11-25(17)15-20-16-26(33(30,31)21-5-4-14-32-21)12-13-27(20)19-8-6-18(7-9-19)23(2,3)29/h2*4-9,14,17,20,29H,10-13,15-16H2,1-3H3,(H,24,28)/t2*17-,20-/m00/s1. The molecule has 0 bridgehead atoms. The summed E-state index contributed by atoms with van der Waals surface area (Å²) < 4.78 is 56.7. The molecule has 4 N–H and O–H groups in total. The molecule has 2 aromatic carbocycles. The number of hydrogen-bond donors (Lipinski definition) is 4. The summed E-state index contributed by atoms with van der Waals surface area (Å²) in [6.07, 6.45) is 0. The van der Waals surface area contributed by atoms with Gasteiger partial charge in [0.25, 0.3) is 20.0 Å². The van der Waals surface area contributed by atoms with Gasteiger partial charge < -0.3 is 30.6 Å². The van der Waals surface area contributed by atoms with Crippen LogP contribution in [0.15, 0.2) is 92.0 Å². The molecular formula is C46H64N8O8S4. The number of thiophene rings is 2. The smallest absolute Gasteiger partial charge is 0.252 e. The summed E-state index contributed by atoms with van der Waals surface area (Å²) in [5.41, 5.74) is 1.75. The molecule has 4 saturated heterocycles. The first-order chi connectivity index (χ1) is 31.1. The fourth-order valence-corrected chi connectivity index (χ4v) is 14.2. The first-order valence-corrected chi connectivity index (χ1v) is 27.1. The quantitative estimate of drug-likeness (QED) is 0.163. The molecule has 20 heteroatoms. The second-order valence-electron chi connectivity index (χ2n) is 18.4. The average Bonchev–Trinajstić information content (AvgIpc) is 4.04. The van der Waals surface area contributed by atoms with E-state index >= 15 is 0 Å². The van der Waals surface area contributed by atoms with Crippen LogP contribution >= 0.6 is 22.7 Å². The molecular weight excluding hydrogens is 921 g/mol. The minimum atomic E-state index is -3.55. The Kier molecular flexibility index (Phi) is 15.4. The van der Waals surface area contributed by atoms with Crippen molar-refractivity contribution in [1.29, 1.82) is 0 Å². The fourth-order valence-electron chi connectivity index (χ4n) is 8.98. The Hall–Kier alpha value is -3.96. The Bertz CT molecular complexity index is 2300. The van der Waals surface area contributed by atoms with Crippen LogP contribution in [0, 0.1) is 0 Å². The Morgan fingerprint density at radius 1 is 0.576 bits per heavy atom. The van der Waals surface area contributed by atoms with E-state index < -0.39 is 31.2 Å². The van der Waals surface area contributed by atoms with Crippen molar-refractivity contribution in [2.45, 2.75) is 85.3 Å². The van der Waals surface area contributed by atoms with Crippen LogP contribution in [0.4, 0.5) is 11.4 Å². The maximum Gasteiger partial charge on any atom is 0.252 e. The molecule has 2 aromatic heterocycles. The summed E-state index contributed by atoms with van der Waals surface area (Å²) in [5, 5.41) is 29.9. The zero-order valence-electron chi connectivity index (χ0n) is 38.5. The monoisotopic (exact) mass is 984 g/mol. The van der Waals surface area contributed by atoms with E-state index in [-0.39, 0.29) is 36.0 Å². The van der Waals surface area contributed by atoms with Crippen molar-refractivity contribution in [3.8, 4) is 0 Å². The first-order valence-electron chi connectivity index (χ1n) is 22.4. The number of benzene rings is 2. The van der Waals surface area contributed by atoms with Crippen molar-refractivity contribution in [2.24, 2.45) is 0 Å². The van der Waals surface area contributed by atoms with Crippen LogP contribution in [-0.4, -0.2) is 160 Å². The summed E-state index contributed by atoms with van der Waals surface area (Å²) in [6, 6.07) is 21.6. The minimum Gasteiger partial charge on any atom is -0.386 e. The van der Waals surface area contributed by atoms with Crippen LogP contribution in [0.25, 0.3) is 0 Å². The summed E-state index contributed by atoms with van der Waals surface area (Å²) in [4.78, 5) is 33.1. The normalized spacial score (nSPS) is 23.5. The van der Waals surface area contributed by atoms with E-state index in [9.17, 15) is 36.6 Å². The number of anilines is 2. The molecule has 0 aliphatic carbocycles. The minimum absolute atomic E-state index is 0.00111. The molecule has 4 aliphatic rings. The van der Waals surface area contributed by atoms with Crippen molar-refractivity contribution in [2.75, 3.05) is 88.3 Å². The van der Waals surface area contributed by atoms with Gasteiger partial charge in [-0.25, -0.2) is 16.8 Å². The average molecular weight is 985 g/mol. The Labute approximate surface area is 397 Å². The van der Waals surface area contributed by atoms with Crippen molar-refractivity contribution in [3.05, 3.63) is 94.7 Å². The van der Waals surface area contributed by atoms with E-state index in [1.54, 1.807) is 71.3 Å². The van der Waals surface area contributed by atoms with Gasteiger partial charge in [-0.1, -0.05) is 36.4 Å². The van der Waals surface area contributed by atoms with Crippen molar-refractivity contribution in [1.82, 2.24) is 29.0 Å². The van der Waals surface area contributed by atoms with Gasteiger partial charge >= 0.3 is 0 Å². The molecule has 4 aromatic rings. The zero-order chi connectivity index (χ0) is 47.6. The highest BCUT2D eigenvalue weighted by atomic mass is 32.3. The predicted molar refractivity (Wildman–Crippen MR) is 260 cm³/mol. The molecule has 4 atom stereocenters. The van der Waals surface area contributed by atoms with Gasteiger partial charge in [-0.05, 0) is 99.8 Å². The molecule has 8 rings (SSSR count). The number of amides is 2. The highest BCUT2D eigenvalue weighted by Crippen LogP contribution is 2.32. The number of rotatable bonds is 12. The van der Waals surface area contributed by atoms with Crippen LogP contribution in [0.2, 0.25) is 0 Å². The lowest BCUT2D eigenvalue weighted by molar-refractivity contribution is -0.129. The molecule has 0 radical (unpaired) electrons. The number of carbonyl (C=O) groups excluding carboxylic acids is 2. The maximum atomic E-state index is 13.2. The zero-order valence-corrected chi connectivity index (χ0v) is 41.8. The molecule has 4 aliphatic heterocycles. The molecule has 4 fully saturated rings.